The second-order valence-corrected chi connectivity index (χ2v) is 5.21. The summed E-state index contributed by atoms with van der Waals surface area (Å²) in [6, 6.07) is 0.299. The zero-order valence-electron chi connectivity index (χ0n) is 11.5. The number of hydrogen-bond donors (Lipinski definition) is 1. The smallest absolute Gasteiger partial charge is 0.322 e. The van der Waals surface area contributed by atoms with E-state index in [4.69, 9.17) is 4.74 Å². The van der Waals surface area contributed by atoms with Crippen LogP contribution in [0.25, 0.3) is 0 Å². The highest BCUT2D eigenvalue weighted by molar-refractivity contribution is 5.75. The van der Waals surface area contributed by atoms with Gasteiger partial charge in [0.2, 0.25) is 0 Å². The number of hydrogen-bond acceptors (Lipinski definition) is 4. The Labute approximate surface area is 105 Å². The first-order valence-corrected chi connectivity index (χ1v) is 6.61. The van der Waals surface area contributed by atoms with Crippen molar-refractivity contribution in [3.05, 3.63) is 0 Å². The fourth-order valence-corrected chi connectivity index (χ4v) is 2.42. The molecule has 2 atom stereocenters. The molecule has 1 fully saturated rings. The third-order valence-corrected chi connectivity index (χ3v) is 3.57. The summed E-state index contributed by atoms with van der Waals surface area (Å²) >= 11 is 0. The van der Waals surface area contributed by atoms with Crippen LogP contribution in [-0.2, 0) is 9.53 Å². The summed E-state index contributed by atoms with van der Waals surface area (Å²) in [6.45, 7) is 9.58. The van der Waals surface area contributed by atoms with E-state index >= 15 is 0 Å². The van der Waals surface area contributed by atoms with Gasteiger partial charge in [-0.05, 0) is 38.8 Å². The van der Waals surface area contributed by atoms with Gasteiger partial charge in [-0.1, -0.05) is 13.8 Å². The van der Waals surface area contributed by atoms with E-state index in [1.807, 2.05) is 6.92 Å². The highest BCUT2D eigenvalue weighted by Gasteiger charge is 2.25. The number of ether oxygens (including phenoxy) is 1. The monoisotopic (exact) mass is 242 g/mol. The molecule has 2 unspecified atom stereocenters. The molecule has 1 heterocycles. The zero-order valence-corrected chi connectivity index (χ0v) is 11.5. The molecule has 100 valence electrons. The lowest BCUT2D eigenvalue weighted by molar-refractivity contribution is -0.142. The van der Waals surface area contributed by atoms with Crippen molar-refractivity contribution in [2.45, 2.75) is 45.7 Å². The molecular formula is C13H26N2O2. The first-order chi connectivity index (χ1) is 8.06. The minimum atomic E-state index is -0.219. The molecule has 1 aliphatic heterocycles. The van der Waals surface area contributed by atoms with Gasteiger partial charge in [0.05, 0.1) is 7.11 Å². The van der Waals surface area contributed by atoms with E-state index in [2.05, 4.69) is 24.1 Å². The van der Waals surface area contributed by atoms with Crippen LogP contribution in [0.1, 0.15) is 33.6 Å². The van der Waals surface area contributed by atoms with Gasteiger partial charge in [0.1, 0.15) is 6.04 Å². The minimum Gasteiger partial charge on any atom is -0.468 e. The van der Waals surface area contributed by atoms with Crippen LogP contribution < -0.4 is 5.32 Å². The van der Waals surface area contributed by atoms with E-state index in [0.29, 0.717) is 12.0 Å². The Balaban J connectivity index is 2.41. The molecule has 1 saturated heterocycles. The number of rotatable bonds is 6. The molecule has 0 saturated carbocycles. The molecule has 0 aliphatic carbocycles. The molecule has 0 aromatic heterocycles. The van der Waals surface area contributed by atoms with Crippen molar-refractivity contribution < 1.29 is 9.53 Å². The van der Waals surface area contributed by atoms with Gasteiger partial charge in [-0.15, -0.1) is 0 Å². The Morgan fingerprint density at radius 1 is 1.29 bits per heavy atom. The van der Waals surface area contributed by atoms with Gasteiger partial charge in [-0.3, -0.25) is 9.69 Å². The van der Waals surface area contributed by atoms with Crippen LogP contribution in [0.15, 0.2) is 0 Å². The number of nitrogens with zero attached hydrogens (tertiary/aromatic N) is 1. The molecule has 1 rings (SSSR count). The lowest BCUT2D eigenvalue weighted by Crippen LogP contribution is -2.48. The van der Waals surface area contributed by atoms with Crippen molar-refractivity contribution in [2.24, 2.45) is 5.92 Å². The van der Waals surface area contributed by atoms with Crippen LogP contribution in [-0.4, -0.2) is 49.7 Å². The van der Waals surface area contributed by atoms with E-state index in [0.717, 1.165) is 6.54 Å². The third kappa shape index (κ3) is 4.28. The maximum atomic E-state index is 11.3. The molecule has 0 amide bonds. The quantitative estimate of drug-likeness (QED) is 0.712. The molecule has 0 aromatic rings. The van der Waals surface area contributed by atoms with Crippen LogP contribution in [0, 0.1) is 5.92 Å². The van der Waals surface area contributed by atoms with Gasteiger partial charge in [0.15, 0.2) is 0 Å². The zero-order chi connectivity index (χ0) is 12.8. The fraction of sp³-hybridized carbons (Fsp3) is 0.923. The molecular weight excluding hydrogens is 216 g/mol. The normalized spacial score (nSPS) is 20.5. The van der Waals surface area contributed by atoms with Gasteiger partial charge >= 0.3 is 5.97 Å². The second kappa shape index (κ2) is 6.97. The lowest BCUT2D eigenvalue weighted by Gasteiger charge is -2.31. The maximum absolute atomic E-state index is 11.3. The topological polar surface area (TPSA) is 41.6 Å². The van der Waals surface area contributed by atoms with Gasteiger partial charge < -0.3 is 10.1 Å². The minimum absolute atomic E-state index is 0.186. The van der Waals surface area contributed by atoms with Crippen LogP contribution in [0.2, 0.25) is 0 Å². The van der Waals surface area contributed by atoms with Crippen molar-refractivity contribution in [1.29, 1.82) is 0 Å². The Hall–Kier alpha value is -0.610. The van der Waals surface area contributed by atoms with Gasteiger partial charge in [0, 0.05) is 12.6 Å². The van der Waals surface area contributed by atoms with Crippen molar-refractivity contribution >= 4 is 5.97 Å². The van der Waals surface area contributed by atoms with E-state index in [9.17, 15) is 4.79 Å². The molecule has 0 aromatic carbocycles. The van der Waals surface area contributed by atoms with E-state index in [-0.39, 0.29) is 12.0 Å². The first kappa shape index (κ1) is 14.5. The molecule has 1 N–H and O–H groups in total. The van der Waals surface area contributed by atoms with Crippen molar-refractivity contribution in [3.8, 4) is 0 Å². The van der Waals surface area contributed by atoms with E-state index in [1.165, 1.54) is 33.0 Å². The van der Waals surface area contributed by atoms with E-state index in [1.54, 1.807) is 0 Å². The average molecular weight is 242 g/mol. The summed E-state index contributed by atoms with van der Waals surface area (Å²) in [5, 5.41) is 3.28. The number of likely N-dealkylation sites (tertiary alicyclic amines) is 1. The van der Waals surface area contributed by atoms with Crippen molar-refractivity contribution in [3.63, 3.8) is 0 Å². The number of nitrogens with one attached hydrogen (secondary N) is 1. The van der Waals surface area contributed by atoms with E-state index < -0.39 is 0 Å². The van der Waals surface area contributed by atoms with Crippen LogP contribution in [0.3, 0.4) is 0 Å². The largest absolute Gasteiger partial charge is 0.468 e. The summed E-state index contributed by atoms with van der Waals surface area (Å²) < 4.78 is 4.72. The molecule has 0 spiro atoms. The highest BCUT2D eigenvalue weighted by Crippen LogP contribution is 2.17. The van der Waals surface area contributed by atoms with Crippen LogP contribution >= 0.6 is 0 Å². The molecule has 0 bridgehead atoms. The number of esters is 1. The first-order valence-electron chi connectivity index (χ1n) is 6.61. The van der Waals surface area contributed by atoms with Crippen molar-refractivity contribution in [2.75, 3.05) is 26.7 Å². The molecule has 1 aliphatic rings. The molecule has 4 heteroatoms. The lowest BCUT2D eigenvalue weighted by atomic mass is 10.0. The summed E-state index contributed by atoms with van der Waals surface area (Å²) in [5.74, 6) is 0.416. The second-order valence-electron chi connectivity index (χ2n) is 5.21. The number of carbonyl (C=O) groups excluding carboxylic acids is 1. The van der Waals surface area contributed by atoms with Crippen LogP contribution in [0.4, 0.5) is 0 Å². The molecule has 17 heavy (non-hydrogen) atoms. The summed E-state index contributed by atoms with van der Waals surface area (Å²) in [5.41, 5.74) is 0. The Bertz CT molecular complexity index is 238. The van der Waals surface area contributed by atoms with Crippen molar-refractivity contribution in [1.82, 2.24) is 10.2 Å². The maximum Gasteiger partial charge on any atom is 0.322 e. The number of carbonyl (C=O) groups is 1. The summed E-state index contributed by atoms with van der Waals surface area (Å²) in [6.07, 6.45) is 2.60. The third-order valence-electron chi connectivity index (χ3n) is 3.57. The molecule has 4 nitrogen and oxygen atoms in total. The summed E-state index contributed by atoms with van der Waals surface area (Å²) in [4.78, 5) is 13.8. The Kier molecular flexibility index (Phi) is 5.92. The predicted octanol–water partition coefficient (Wildman–Crippen LogP) is 1.26. The Morgan fingerprint density at radius 3 is 2.35 bits per heavy atom. The Morgan fingerprint density at radius 2 is 1.88 bits per heavy atom. The summed E-state index contributed by atoms with van der Waals surface area (Å²) in [7, 11) is 1.43. The van der Waals surface area contributed by atoms with Gasteiger partial charge in [-0.25, -0.2) is 0 Å². The molecule has 0 radical (unpaired) electrons. The highest BCUT2D eigenvalue weighted by atomic mass is 16.5. The van der Waals surface area contributed by atoms with Crippen LogP contribution in [0.5, 0.6) is 0 Å². The SMILES string of the molecule is COC(=O)C(C)NCC(C(C)C)N1CCCC1. The average Bonchev–Trinajstić information content (AvgIpc) is 2.81. The van der Waals surface area contributed by atoms with Gasteiger partial charge in [0.25, 0.3) is 0 Å². The number of methoxy groups -OCH3 is 1. The van der Waals surface area contributed by atoms with Gasteiger partial charge in [-0.2, -0.15) is 0 Å². The standard InChI is InChI=1S/C13H26N2O2/c1-10(2)12(15-7-5-6-8-15)9-14-11(3)13(16)17-4/h10-12,14H,5-9H2,1-4H3. The predicted molar refractivity (Wildman–Crippen MR) is 68.9 cm³/mol. The fourth-order valence-electron chi connectivity index (χ4n) is 2.42.